The lowest BCUT2D eigenvalue weighted by molar-refractivity contribution is 0.628. The predicted octanol–water partition coefficient (Wildman–Crippen LogP) is 3.68. The van der Waals surface area contributed by atoms with Crippen LogP contribution in [0.15, 0.2) is 48.5 Å². The van der Waals surface area contributed by atoms with Crippen molar-refractivity contribution in [2.45, 2.75) is 6.92 Å². The topological polar surface area (TPSA) is 15.3 Å². The van der Waals surface area contributed by atoms with Crippen molar-refractivity contribution in [1.29, 1.82) is 0 Å². The first-order valence-corrected chi connectivity index (χ1v) is 6.43. The second-order valence-corrected chi connectivity index (χ2v) is 4.65. The number of halogens is 1. The van der Waals surface area contributed by atoms with Crippen LogP contribution in [0.25, 0.3) is 0 Å². The molecule has 0 aliphatic rings. The summed E-state index contributed by atoms with van der Waals surface area (Å²) in [6, 6.07) is 14.8. The lowest BCUT2D eigenvalue weighted by atomic mass is 10.2. The monoisotopic (exact) mass is 258 g/mol. The number of likely N-dealkylation sites (N-methyl/N-ethyl adjacent to an activating group) is 1. The van der Waals surface area contributed by atoms with Crippen LogP contribution >= 0.6 is 0 Å². The van der Waals surface area contributed by atoms with Gasteiger partial charge in [0.1, 0.15) is 5.82 Å². The summed E-state index contributed by atoms with van der Waals surface area (Å²) in [5.74, 6) is -0.211. The van der Waals surface area contributed by atoms with E-state index in [2.05, 4.69) is 36.3 Å². The van der Waals surface area contributed by atoms with E-state index in [4.69, 9.17) is 0 Å². The molecule has 0 saturated heterocycles. The molecule has 0 aliphatic heterocycles. The fourth-order valence-electron chi connectivity index (χ4n) is 2.08. The van der Waals surface area contributed by atoms with Crippen LogP contribution < -0.4 is 10.2 Å². The fraction of sp³-hybridized carbons (Fsp3) is 0.250. The third-order valence-corrected chi connectivity index (χ3v) is 3.13. The molecule has 19 heavy (non-hydrogen) atoms. The van der Waals surface area contributed by atoms with Crippen LogP contribution in [0.5, 0.6) is 0 Å². The van der Waals surface area contributed by atoms with Gasteiger partial charge in [0.05, 0.1) is 0 Å². The molecule has 2 aromatic rings. The van der Waals surface area contributed by atoms with E-state index in [1.165, 1.54) is 23.4 Å². The minimum absolute atomic E-state index is 0.211. The molecule has 100 valence electrons. The first-order chi connectivity index (χ1) is 9.16. The molecule has 3 heteroatoms. The highest BCUT2D eigenvalue weighted by atomic mass is 19.1. The lowest BCUT2D eigenvalue weighted by Gasteiger charge is -2.21. The van der Waals surface area contributed by atoms with Crippen molar-refractivity contribution in [2.75, 3.05) is 30.4 Å². The molecular formula is C16H19FN2. The highest BCUT2D eigenvalue weighted by molar-refractivity contribution is 5.52. The van der Waals surface area contributed by atoms with Crippen molar-refractivity contribution in [3.05, 3.63) is 59.9 Å². The van der Waals surface area contributed by atoms with Gasteiger partial charge < -0.3 is 10.2 Å². The van der Waals surface area contributed by atoms with Gasteiger partial charge in [-0.2, -0.15) is 0 Å². The zero-order valence-corrected chi connectivity index (χ0v) is 11.4. The number of nitrogens with zero attached hydrogens (tertiary/aromatic N) is 1. The van der Waals surface area contributed by atoms with Gasteiger partial charge in [0.15, 0.2) is 0 Å². The number of benzene rings is 2. The molecule has 0 amide bonds. The summed E-state index contributed by atoms with van der Waals surface area (Å²) < 4.78 is 13.0. The number of para-hydroxylation sites is 1. The van der Waals surface area contributed by atoms with Crippen molar-refractivity contribution < 1.29 is 4.39 Å². The van der Waals surface area contributed by atoms with E-state index in [0.29, 0.717) is 0 Å². The predicted molar refractivity (Wildman–Crippen MR) is 79.3 cm³/mol. The summed E-state index contributed by atoms with van der Waals surface area (Å²) >= 11 is 0. The maximum Gasteiger partial charge on any atom is 0.125 e. The average Bonchev–Trinajstić information content (AvgIpc) is 2.39. The lowest BCUT2D eigenvalue weighted by Crippen LogP contribution is -2.25. The van der Waals surface area contributed by atoms with Crippen molar-refractivity contribution in [2.24, 2.45) is 0 Å². The van der Waals surface area contributed by atoms with Gasteiger partial charge in [0, 0.05) is 31.5 Å². The van der Waals surface area contributed by atoms with E-state index < -0.39 is 0 Å². The van der Waals surface area contributed by atoms with Gasteiger partial charge in [-0.15, -0.1) is 0 Å². The summed E-state index contributed by atoms with van der Waals surface area (Å²) in [4.78, 5) is 2.20. The number of rotatable bonds is 5. The van der Waals surface area contributed by atoms with E-state index in [1.807, 2.05) is 18.2 Å². The van der Waals surface area contributed by atoms with Crippen LogP contribution in [0.4, 0.5) is 15.8 Å². The minimum Gasteiger partial charge on any atom is -0.383 e. The maximum atomic E-state index is 13.0. The molecule has 0 bridgehead atoms. The van der Waals surface area contributed by atoms with E-state index in [-0.39, 0.29) is 5.82 Å². The molecule has 0 spiro atoms. The van der Waals surface area contributed by atoms with Gasteiger partial charge in [-0.1, -0.05) is 24.3 Å². The summed E-state index contributed by atoms with van der Waals surface area (Å²) in [5, 5.41) is 3.22. The third kappa shape index (κ3) is 3.71. The Kier molecular flexibility index (Phi) is 4.39. The smallest absolute Gasteiger partial charge is 0.125 e. The zero-order chi connectivity index (χ0) is 13.7. The van der Waals surface area contributed by atoms with Crippen LogP contribution in [0.2, 0.25) is 0 Å². The van der Waals surface area contributed by atoms with Crippen molar-refractivity contribution in [3.8, 4) is 0 Å². The van der Waals surface area contributed by atoms with Gasteiger partial charge in [0.25, 0.3) is 0 Å². The summed E-state index contributed by atoms with van der Waals surface area (Å²) in [6.45, 7) is 3.74. The number of hydrogen-bond donors (Lipinski definition) is 1. The molecule has 0 fully saturated rings. The van der Waals surface area contributed by atoms with Gasteiger partial charge >= 0.3 is 0 Å². The molecule has 2 nitrogen and oxygen atoms in total. The quantitative estimate of drug-likeness (QED) is 0.880. The van der Waals surface area contributed by atoms with Crippen LogP contribution in [0.3, 0.4) is 0 Å². The second kappa shape index (κ2) is 6.23. The number of hydrogen-bond acceptors (Lipinski definition) is 2. The second-order valence-electron chi connectivity index (χ2n) is 4.65. The Labute approximate surface area is 113 Å². The van der Waals surface area contributed by atoms with Gasteiger partial charge in [-0.05, 0) is 36.8 Å². The minimum atomic E-state index is -0.211. The molecule has 0 saturated carbocycles. The molecule has 0 radical (unpaired) electrons. The normalized spacial score (nSPS) is 10.3. The Morgan fingerprint density at radius 1 is 1.11 bits per heavy atom. The van der Waals surface area contributed by atoms with Gasteiger partial charge in [0.2, 0.25) is 0 Å². The molecule has 2 rings (SSSR count). The molecule has 0 heterocycles. The Hall–Kier alpha value is -2.03. The van der Waals surface area contributed by atoms with Crippen LogP contribution in [0, 0.1) is 12.7 Å². The molecule has 0 aliphatic carbocycles. The molecule has 1 N–H and O–H groups in total. The standard InChI is InChI=1S/C16H19FN2/c1-13-6-3-4-9-16(13)19(2)11-10-18-15-8-5-7-14(17)12-15/h3-9,12,18H,10-11H2,1-2H3. The van der Waals surface area contributed by atoms with Crippen LogP contribution in [-0.2, 0) is 0 Å². The van der Waals surface area contributed by atoms with E-state index in [9.17, 15) is 4.39 Å². The summed E-state index contributed by atoms with van der Waals surface area (Å²) in [7, 11) is 2.07. The first-order valence-electron chi connectivity index (χ1n) is 6.43. The number of anilines is 2. The van der Waals surface area contributed by atoms with E-state index >= 15 is 0 Å². The van der Waals surface area contributed by atoms with E-state index in [0.717, 1.165) is 18.8 Å². The Morgan fingerprint density at radius 3 is 2.63 bits per heavy atom. The molecule has 0 aromatic heterocycles. The van der Waals surface area contributed by atoms with Crippen LogP contribution in [-0.4, -0.2) is 20.1 Å². The Bertz CT molecular complexity index is 540. The average molecular weight is 258 g/mol. The fourth-order valence-corrected chi connectivity index (χ4v) is 2.08. The number of aryl methyl sites for hydroxylation is 1. The largest absolute Gasteiger partial charge is 0.383 e. The summed E-state index contributed by atoms with van der Waals surface area (Å²) in [6.07, 6.45) is 0. The van der Waals surface area contributed by atoms with Crippen molar-refractivity contribution in [1.82, 2.24) is 0 Å². The van der Waals surface area contributed by atoms with Gasteiger partial charge in [-0.3, -0.25) is 0 Å². The first kappa shape index (κ1) is 13.4. The van der Waals surface area contributed by atoms with Crippen LogP contribution in [0.1, 0.15) is 5.56 Å². The third-order valence-electron chi connectivity index (χ3n) is 3.13. The number of nitrogens with one attached hydrogen (secondary N) is 1. The van der Waals surface area contributed by atoms with E-state index in [1.54, 1.807) is 6.07 Å². The Morgan fingerprint density at radius 2 is 1.89 bits per heavy atom. The molecular weight excluding hydrogens is 239 g/mol. The molecule has 0 atom stereocenters. The highest BCUT2D eigenvalue weighted by Gasteiger charge is 2.03. The van der Waals surface area contributed by atoms with Gasteiger partial charge in [-0.25, -0.2) is 4.39 Å². The zero-order valence-electron chi connectivity index (χ0n) is 11.4. The summed E-state index contributed by atoms with van der Waals surface area (Å²) in [5.41, 5.74) is 3.30. The van der Waals surface area contributed by atoms with Crippen molar-refractivity contribution >= 4 is 11.4 Å². The van der Waals surface area contributed by atoms with Crippen molar-refractivity contribution in [3.63, 3.8) is 0 Å². The maximum absolute atomic E-state index is 13.0. The molecule has 2 aromatic carbocycles. The Balaban J connectivity index is 1.88. The molecule has 0 unspecified atom stereocenters. The SMILES string of the molecule is Cc1ccccc1N(C)CCNc1cccc(F)c1. The highest BCUT2D eigenvalue weighted by Crippen LogP contribution is 2.17.